The van der Waals surface area contributed by atoms with E-state index < -0.39 is 0 Å². The van der Waals surface area contributed by atoms with Gasteiger partial charge in [0.05, 0.1) is 0 Å². The third-order valence-electron chi connectivity index (χ3n) is 3.39. The zero-order valence-electron chi connectivity index (χ0n) is 12.7. The van der Waals surface area contributed by atoms with Gasteiger partial charge in [0.25, 0.3) is 0 Å². The van der Waals surface area contributed by atoms with Crippen LogP contribution in [0.2, 0.25) is 10.0 Å². The molecule has 1 amide bonds. The van der Waals surface area contributed by atoms with Crippen molar-refractivity contribution in [3.8, 4) is 0 Å². The molecule has 4 nitrogen and oxygen atoms in total. The number of para-hydroxylation sites is 1. The van der Waals surface area contributed by atoms with Crippen LogP contribution in [0.15, 0.2) is 56.2 Å². The van der Waals surface area contributed by atoms with Crippen molar-refractivity contribution in [2.24, 2.45) is 9.24 Å². The van der Waals surface area contributed by atoms with Gasteiger partial charge in [-0.05, 0) is 0 Å². The molecule has 0 aliphatic carbocycles. The van der Waals surface area contributed by atoms with Crippen LogP contribution in [-0.2, 0) is 4.79 Å². The van der Waals surface area contributed by atoms with Crippen LogP contribution >= 0.6 is 50.9 Å². The standard InChI is InChI=1S/C16H12BrCl2N3OSSe/c17-10-3-1-2-4-13(10)20-14(23)8-24-16-15(21-22-25-16)9-5-6-11(18)12(19)7-9/h1-7,15-16H,8H2,(H,20,23). The van der Waals surface area contributed by atoms with Crippen molar-refractivity contribution in [1.82, 2.24) is 0 Å². The van der Waals surface area contributed by atoms with E-state index in [1.54, 1.807) is 17.8 Å². The third kappa shape index (κ3) is 5.00. The van der Waals surface area contributed by atoms with Crippen molar-refractivity contribution in [2.45, 2.75) is 10.2 Å². The molecule has 0 bridgehead atoms. The molecule has 0 aromatic heterocycles. The number of halogens is 3. The average molecular weight is 524 g/mol. The van der Waals surface area contributed by atoms with Gasteiger partial charge in [0.1, 0.15) is 0 Å². The molecule has 0 saturated carbocycles. The Kier molecular flexibility index (Phi) is 6.83. The average Bonchev–Trinajstić information content (AvgIpc) is 3.06. The summed E-state index contributed by atoms with van der Waals surface area (Å²) in [5.41, 5.74) is 1.74. The first-order valence-electron chi connectivity index (χ1n) is 7.21. The number of rotatable bonds is 5. The Bertz CT molecular complexity index is 824. The summed E-state index contributed by atoms with van der Waals surface area (Å²) in [6, 6.07) is 12.9. The Morgan fingerprint density at radius 2 is 2.04 bits per heavy atom. The molecule has 1 N–H and O–H groups in total. The van der Waals surface area contributed by atoms with Crippen LogP contribution in [0, 0.1) is 0 Å². The number of nitrogens with zero attached hydrogens (tertiary/aromatic N) is 2. The Hall–Kier alpha value is -0.561. The minimum atomic E-state index is -0.0870. The van der Waals surface area contributed by atoms with E-state index in [9.17, 15) is 4.79 Å². The number of carbonyl (C=O) groups is 1. The van der Waals surface area contributed by atoms with Crippen molar-refractivity contribution in [3.05, 3.63) is 62.5 Å². The van der Waals surface area contributed by atoms with Gasteiger partial charge >= 0.3 is 176 Å². The van der Waals surface area contributed by atoms with Crippen LogP contribution in [0.5, 0.6) is 0 Å². The molecule has 0 saturated heterocycles. The van der Waals surface area contributed by atoms with Crippen LogP contribution in [-0.4, -0.2) is 31.0 Å². The summed E-state index contributed by atoms with van der Waals surface area (Å²) in [7, 11) is 0. The third-order valence-corrected chi connectivity index (χ3v) is 8.51. The number of carbonyl (C=O) groups excluding carboxylic acids is 1. The van der Waals surface area contributed by atoms with E-state index in [2.05, 4.69) is 30.5 Å². The maximum atomic E-state index is 12.2. The maximum absolute atomic E-state index is 12.2. The van der Waals surface area contributed by atoms with E-state index in [0.717, 1.165) is 15.7 Å². The molecular weight excluding hydrogens is 512 g/mol. The molecule has 25 heavy (non-hydrogen) atoms. The summed E-state index contributed by atoms with van der Waals surface area (Å²) < 4.78 is 5.22. The van der Waals surface area contributed by atoms with E-state index in [1.165, 1.54) is 0 Å². The molecule has 9 heteroatoms. The summed E-state index contributed by atoms with van der Waals surface area (Å²) in [6.07, 6.45) is 0. The van der Waals surface area contributed by atoms with Crippen molar-refractivity contribution in [3.63, 3.8) is 0 Å². The van der Waals surface area contributed by atoms with Crippen LogP contribution < -0.4 is 5.32 Å². The molecule has 0 radical (unpaired) electrons. The number of amides is 1. The quantitative estimate of drug-likeness (QED) is 0.520. The first kappa shape index (κ1) is 19.2. The van der Waals surface area contributed by atoms with Gasteiger partial charge in [0.15, 0.2) is 0 Å². The van der Waals surface area contributed by atoms with Gasteiger partial charge in [-0.15, -0.1) is 0 Å². The molecule has 1 aliphatic heterocycles. The second-order valence-electron chi connectivity index (χ2n) is 5.13. The number of hydrogen-bond donors (Lipinski definition) is 1. The van der Waals surface area contributed by atoms with Gasteiger partial charge < -0.3 is 0 Å². The fourth-order valence-corrected chi connectivity index (χ4v) is 5.94. The van der Waals surface area contributed by atoms with Crippen molar-refractivity contribution < 1.29 is 4.79 Å². The molecule has 0 spiro atoms. The summed E-state index contributed by atoms with van der Waals surface area (Å²) in [5, 5.41) is 8.25. The zero-order valence-corrected chi connectivity index (χ0v) is 18.3. The van der Waals surface area contributed by atoms with Crippen LogP contribution in [0.3, 0.4) is 0 Å². The van der Waals surface area contributed by atoms with Crippen molar-refractivity contribution in [1.29, 1.82) is 0 Å². The summed E-state index contributed by atoms with van der Waals surface area (Å²) in [5.74, 6) is 0.295. The molecule has 1 aliphatic rings. The molecule has 3 rings (SSSR count). The van der Waals surface area contributed by atoms with E-state index in [0.29, 0.717) is 15.8 Å². The van der Waals surface area contributed by atoms with Crippen LogP contribution in [0.25, 0.3) is 0 Å². The number of thioether (sulfide) groups is 1. The summed E-state index contributed by atoms with van der Waals surface area (Å²) in [6.45, 7) is 0. The molecule has 2 unspecified atom stereocenters. The van der Waals surface area contributed by atoms with E-state index >= 15 is 0 Å². The molecule has 0 fully saturated rings. The molecule has 2 atom stereocenters. The Morgan fingerprint density at radius 1 is 1.24 bits per heavy atom. The Labute approximate surface area is 174 Å². The predicted molar refractivity (Wildman–Crippen MR) is 109 cm³/mol. The second-order valence-corrected chi connectivity index (χ2v) is 10.5. The molecule has 2 aromatic carbocycles. The van der Waals surface area contributed by atoms with Crippen LogP contribution in [0.1, 0.15) is 11.6 Å². The predicted octanol–water partition coefficient (Wildman–Crippen LogP) is 5.58. The van der Waals surface area contributed by atoms with Gasteiger partial charge in [0, 0.05) is 0 Å². The normalized spacial score (nSPS) is 19.2. The van der Waals surface area contributed by atoms with Gasteiger partial charge in [-0.1, -0.05) is 0 Å². The van der Waals surface area contributed by atoms with Crippen molar-refractivity contribution >= 4 is 77.7 Å². The molecule has 1 heterocycles. The fraction of sp³-hybridized carbons (Fsp3) is 0.188. The van der Waals surface area contributed by atoms with Gasteiger partial charge in [-0.3, -0.25) is 0 Å². The monoisotopic (exact) mass is 523 g/mol. The zero-order chi connectivity index (χ0) is 17.8. The number of hydrogen-bond acceptors (Lipinski definition) is 4. The fourth-order valence-electron chi connectivity index (χ4n) is 2.18. The summed E-state index contributed by atoms with van der Waals surface area (Å²) >= 11 is 17.1. The molecular formula is C16H12BrCl2N3OSSe. The topological polar surface area (TPSA) is 53.8 Å². The Balaban J connectivity index is 1.60. The number of nitrogens with one attached hydrogen (secondary N) is 1. The molecule has 130 valence electrons. The van der Waals surface area contributed by atoms with E-state index in [1.807, 2.05) is 36.4 Å². The van der Waals surface area contributed by atoms with Gasteiger partial charge in [-0.25, -0.2) is 0 Å². The number of anilines is 1. The Morgan fingerprint density at radius 3 is 2.80 bits per heavy atom. The SMILES string of the molecule is O=C(CSC1[Se]N=NC1c1ccc(Cl)c(Cl)c1)Nc1ccccc1Br. The first-order chi connectivity index (χ1) is 12.0. The van der Waals surface area contributed by atoms with E-state index in [-0.39, 0.29) is 31.3 Å². The first-order valence-corrected chi connectivity index (χ1v) is 11.6. The van der Waals surface area contributed by atoms with E-state index in [4.69, 9.17) is 23.2 Å². The van der Waals surface area contributed by atoms with Gasteiger partial charge in [-0.2, -0.15) is 0 Å². The minimum absolute atomic E-state index is 0.00490. The number of benzene rings is 2. The molecule has 2 aromatic rings. The second kappa shape index (κ2) is 8.89. The van der Waals surface area contributed by atoms with Gasteiger partial charge in [0.2, 0.25) is 0 Å². The summed E-state index contributed by atoms with van der Waals surface area (Å²) in [4.78, 5) is 12.2. The van der Waals surface area contributed by atoms with Crippen LogP contribution in [0.4, 0.5) is 5.69 Å². The van der Waals surface area contributed by atoms with Crippen molar-refractivity contribution in [2.75, 3.05) is 11.1 Å².